The van der Waals surface area contributed by atoms with Gasteiger partial charge in [-0.05, 0) is 50.2 Å². The highest BCUT2D eigenvalue weighted by molar-refractivity contribution is 7.17. The van der Waals surface area contributed by atoms with Gasteiger partial charge in [-0.3, -0.25) is 9.69 Å². The average molecular weight is 478 g/mol. The van der Waals surface area contributed by atoms with E-state index in [2.05, 4.69) is 16.7 Å². The third-order valence-corrected chi connectivity index (χ3v) is 7.41. The van der Waals surface area contributed by atoms with E-state index in [-0.39, 0.29) is 5.91 Å². The van der Waals surface area contributed by atoms with Gasteiger partial charge in [0.25, 0.3) is 5.91 Å². The molecule has 1 saturated heterocycles. The number of hydrogen-bond acceptors (Lipinski definition) is 5. The van der Waals surface area contributed by atoms with E-state index in [1.165, 1.54) is 24.2 Å². The molecule has 5 rings (SSSR count). The minimum Gasteiger partial charge on any atom is -0.495 e. The Hall–Kier alpha value is -2.85. The molecular formula is C26H24ClN3O2S. The van der Waals surface area contributed by atoms with Crippen LogP contribution < -0.4 is 9.64 Å². The van der Waals surface area contributed by atoms with Crippen LogP contribution in [0.1, 0.15) is 33.8 Å². The van der Waals surface area contributed by atoms with Gasteiger partial charge in [0.1, 0.15) is 15.6 Å². The Labute approximate surface area is 203 Å². The fourth-order valence-electron chi connectivity index (χ4n) is 4.23. The van der Waals surface area contributed by atoms with Crippen LogP contribution in [0.2, 0.25) is 5.02 Å². The lowest BCUT2D eigenvalue weighted by molar-refractivity contribution is 0.0984. The molecule has 0 aliphatic carbocycles. The molecule has 2 aliphatic heterocycles. The largest absolute Gasteiger partial charge is 0.495 e. The van der Waals surface area contributed by atoms with Gasteiger partial charge in [-0.1, -0.05) is 35.6 Å². The van der Waals surface area contributed by atoms with Crippen molar-refractivity contribution in [2.75, 3.05) is 38.2 Å². The van der Waals surface area contributed by atoms with Gasteiger partial charge in [-0.2, -0.15) is 0 Å². The molecule has 0 radical (unpaired) electrons. The molecule has 2 aliphatic rings. The molecule has 33 heavy (non-hydrogen) atoms. The van der Waals surface area contributed by atoms with E-state index in [1.54, 1.807) is 12.0 Å². The Morgan fingerprint density at radius 3 is 2.67 bits per heavy atom. The first-order valence-corrected chi connectivity index (χ1v) is 12.3. The van der Waals surface area contributed by atoms with Crippen molar-refractivity contribution in [1.82, 2.24) is 9.88 Å². The Balaban J connectivity index is 1.36. The second-order valence-electron chi connectivity index (χ2n) is 8.18. The van der Waals surface area contributed by atoms with Gasteiger partial charge in [0.2, 0.25) is 0 Å². The van der Waals surface area contributed by atoms with Crippen molar-refractivity contribution >= 4 is 34.5 Å². The summed E-state index contributed by atoms with van der Waals surface area (Å²) in [6.45, 7) is 3.61. The smallest absolute Gasteiger partial charge is 0.270 e. The van der Waals surface area contributed by atoms with Crippen LogP contribution in [-0.2, 0) is 6.42 Å². The summed E-state index contributed by atoms with van der Waals surface area (Å²) in [5.41, 5.74) is 3.49. The van der Waals surface area contributed by atoms with Crippen LogP contribution in [0.25, 0.3) is 10.6 Å². The zero-order chi connectivity index (χ0) is 22.8. The second kappa shape index (κ2) is 9.56. The predicted molar refractivity (Wildman–Crippen MR) is 133 cm³/mol. The fraction of sp³-hybridized carbons (Fsp3) is 0.308. The number of likely N-dealkylation sites (tertiary alicyclic amines) is 1. The molecule has 0 N–H and O–H groups in total. The summed E-state index contributed by atoms with van der Waals surface area (Å²) in [4.78, 5) is 22.9. The number of carbonyl (C=O) groups excluding carboxylic acids is 1. The lowest BCUT2D eigenvalue weighted by atomic mass is 10.1. The van der Waals surface area contributed by atoms with Gasteiger partial charge in [0, 0.05) is 35.3 Å². The summed E-state index contributed by atoms with van der Waals surface area (Å²) in [5, 5.41) is 1.52. The zero-order valence-corrected chi connectivity index (χ0v) is 20.0. The highest BCUT2D eigenvalue weighted by atomic mass is 35.5. The predicted octanol–water partition coefficient (Wildman–Crippen LogP) is 5.12. The van der Waals surface area contributed by atoms with E-state index in [4.69, 9.17) is 21.3 Å². The molecule has 0 atom stereocenters. The molecule has 3 aromatic rings. The number of nitrogens with zero attached hydrogens (tertiary/aromatic N) is 3. The SMILES string of the molecule is COc1cc(N2CCc3nc(-c4ccc(Cl)cc4)sc3C2=O)ccc1C#CCN1CCCC1. The number of aromatic nitrogens is 1. The van der Waals surface area contributed by atoms with E-state index in [1.807, 2.05) is 42.5 Å². The number of carbonyl (C=O) groups is 1. The first kappa shape index (κ1) is 22.0. The first-order valence-electron chi connectivity index (χ1n) is 11.1. The van der Waals surface area contributed by atoms with E-state index in [0.29, 0.717) is 28.6 Å². The molecular weight excluding hydrogens is 454 g/mol. The number of amides is 1. The molecule has 3 heterocycles. The van der Waals surface area contributed by atoms with Gasteiger partial charge in [-0.25, -0.2) is 4.98 Å². The van der Waals surface area contributed by atoms with E-state index < -0.39 is 0 Å². The Morgan fingerprint density at radius 2 is 1.91 bits per heavy atom. The van der Waals surface area contributed by atoms with Gasteiger partial charge < -0.3 is 9.64 Å². The minimum atomic E-state index is -0.0242. The first-order chi connectivity index (χ1) is 16.1. The Kier molecular flexibility index (Phi) is 6.37. The molecule has 0 saturated carbocycles. The molecule has 1 aromatic heterocycles. The summed E-state index contributed by atoms with van der Waals surface area (Å²) >= 11 is 7.44. The van der Waals surface area contributed by atoms with Crippen molar-refractivity contribution in [3.05, 3.63) is 63.6 Å². The topological polar surface area (TPSA) is 45.7 Å². The molecule has 2 aromatic carbocycles. The number of ether oxygens (including phenoxy) is 1. The van der Waals surface area contributed by atoms with E-state index in [9.17, 15) is 4.79 Å². The standard InChI is InChI=1S/C26H24ClN3O2S/c1-32-23-17-21(11-8-18(23)5-4-15-29-13-2-3-14-29)30-16-12-22-24(26(30)31)33-25(28-22)19-6-9-20(27)10-7-19/h6-11,17H,2-3,12-16H2,1H3. The molecule has 7 heteroatoms. The molecule has 1 fully saturated rings. The van der Waals surface area contributed by atoms with Crippen LogP contribution >= 0.6 is 22.9 Å². The number of fused-ring (bicyclic) bond motifs is 1. The van der Waals surface area contributed by atoms with Crippen LogP contribution in [0.5, 0.6) is 5.75 Å². The molecule has 0 spiro atoms. The van der Waals surface area contributed by atoms with Gasteiger partial charge >= 0.3 is 0 Å². The zero-order valence-electron chi connectivity index (χ0n) is 18.4. The van der Waals surface area contributed by atoms with Gasteiger partial charge in [0.05, 0.1) is 24.9 Å². The molecule has 168 valence electrons. The van der Waals surface area contributed by atoms with Crippen LogP contribution in [0.4, 0.5) is 5.69 Å². The number of benzene rings is 2. The van der Waals surface area contributed by atoms with Gasteiger partial charge in [0.15, 0.2) is 0 Å². The normalized spacial score (nSPS) is 15.8. The monoisotopic (exact) mass is 477 g/mol. The lowest BCUT2D eigenvalue weighted by Crippen LogP contribution is -2.36. The maximum Gasteiger partial charge on any atom is 0.270 e. The van der Waals surface area contributed by atoms with Crippen LogP contribution in [0.15, 0.2) is 42.5 Å². The number of halogens is 1. The van der Waals surface area contributed by atoms with Crippen LogP contribution in [-0.4, -0.2) is 49.1 Å². The minimum absolute atomic E-state index is 0.0242. The van der Waals surface area contributed by atoms with Crippen molar-refractivity contribution in [3.63, 3.8) is 0 Å². The quantitative estimate of drug-likeness (QED) is 0.489. The van der Waals surface area contributed by atoms with E-state index in [0.717, 1.165) is 47.2 Å². The van der Waals surface area contributed by atoms with Gasteiger partial charge in [-0.15, -0.1) is 11.3 Å². The second-order valence-corrected chi connectivity index (χ2v) is 9.61. The number of anilines is 1. The van der Waals surface area contributed by atoms with E-state index >= 15 is 0 Å². The van der Waals surface area contributed by atoms with Crippen molar-refractivity contribution in [3.8, 4) is 28.2 Å². The maximum atomic E-state index is 13.3. The highest BCUT2D eigenvalue weighted by Gasteiger charge is 2.30. The molecule has 0 unspecified atom stereocenters. The molecule has 5 nitrogen and oxygen atoms in total. The third-order valence-electron chi connectivity index (χ3n) is 6.02. The lowest BCUT2D eigenvalue weighted by Gasteiger charge is -2.26. The summed E-state index contributed by atoms with van der Waals surface area (Å²) < 4.78 is 5.60. The highest BCUT2D eigenvalue weighted by Crippen LogP contribution is 2.35. The average Bonchev–Trinajstić information content (AvgIpc) is 3.51. The van der Waals surface area contributed by atoms with Crippen LogP contribution in [0, 0.1) is 11.8 Å². The number of thiazole rings is 1. The summed E-state index contributed by atoms with van der Waals surface area (Å²) in [5.74, 6) is 7.16. The fourth-order valence-corrected chi connectivity index (χ4v) is 5.42. The number of methoxy groups -OCH3 is 1. The van der Waals surface area contributed by atoms with Crippen molar-refractivity contribution in [1.29, 1.82) is 0 Å². The summed E-state index contributed by atoms with van der Waals surface area (Å²) in [6.07, 6.45) is 3.23. The van der Waals surface area contributed by atoms with Crippen LogP contribution in [0.3, 0.4) is 0 Å². The summed E-state index contributed by atoms with van der Waals surface area (Å²) in [6, 6.07) is 13.4. The van der Waals surface area contributed by atoms with Crippen molar-refractivity contribution in [2.24, 2.45) is 0 Å². The Bertz CT molecular complexity index is 1240. The number of hydrogen-bond donors (Lipinski definition) is 0. The van der Waals surface area contributed by atoms with Crippen molar-refractivity contribution in [2.45, 2.75) is 19.3 Å². The number of rotatable bonds is 4. The molecule has 0 bridgehead atoms. The molecule has 1 amide bonds. The maximum absolute atomic E-state index is 13.3. The summed E-state index contributed by atoms with van der Waals surface area (Å²) in [7, 11) is 1.64. The third kappa shape index (κ3) is 4.63. The Morgan fingerprint density at radius 1 is 1.12 bits per heavy atom. The van der Waals surface area contributed by atoms with Crippen molar-refractivity contribution < 1.29 is 9.53 Å².